The summed E-state index contributed by atoms with van der Waals surface area (Å²) >= 11 is 0. The van der Waals surface area contributed by atoms with Gasteiger partial charge in [0.15, 0.2) is 0 Å². The molecule has 1 heterocycles. The van der Waals surface area contributed by atoms with E-state index in [1.165, 1.54) is 0 Å². The minimum atomic E-state index is -0.241. The Morgan fingerprint density at radius 1 is 1.07 bits per heavy atom. The van der Waals surface area contributed by atoms with Crippen LogP contribution in [0.15, 0.2) is 24.3 Å². The van der Waals surface area contributed by atoms with Gasteiger partial charge in [0, 0.05) is 30.7 Å². The van der Waals surface area contributed by atoms with Crippen molar-refractivity contribution in [1.29, 1.82) is 0 Å². The first-order valence-electron chi connectivity index (χ1n) is 9.97. The molecule has 0 saturated carbocycles. The van der Waals surface area contributed by atoms with Crippen LogP contribution in [0.3, 0.4) is 0 Å². The number of nitrogens with zero attached hydrogens (tertiary/aromatic N) is 2. The van der Waals surface area contributed by atoms with Gasteiger partial charge in [-0.15, -0.1) is 0 Å². The van der Waals surface area contributed by atoms with E-state index in [2.05, 4.69) is 39.5 Å². The van der Waals surface area contributed by atoms with Gasteiger partial charge in [-0.2, -0.15) is 0 Å². The van der Waals surface area contributed by atoms with Crippen LogP contribution in [0.2, 0.25) is 0 Å². The molecule has 2 N–H and O–H groups in total. The molecule has 0 spiro atoms. The lowest BCUT2D eigenvalue weighted by atomic mass is 9.90. The summed E-state index contributed by atoms with van der Waals surface area (Å²) in [5.41, 5.74) is 7.63. The second-order valence-corrected chi connectivity index (χ2v) is 9.48. The average Bonchev–Trinajstić information content (AvgIpc) is 2.59. The highest BCUT2D eigenvalue weighted by atomic mass is 16.5. The van der Waals surface area contributed by atoms with E-state index in [-0.39, 0.29) is 22.8 Å². The maximum Gasteiger partial charge on any atom is 0.244 e. The zero-order valence-electron chi connectivity index (χ0n) is 17.9. The van der Waals surface area contributed by atoms with Crippen LogP contribution in [-0.2, 0) is 9.53 Å². The molecule has 27 heavy (non-hydrogen) atoms. The average molecular weight is 376 g/mol. The summed E-state index contributed by atoms with van der Waals surface area (Å²) in [6.07, 6.45) is 1.09. The number of carbonyl (C=O) groups is 1. The van der Waals surface area contributed by atoms with Gasteiger partial charge in [0.05, 0.1) is 13.2 Å². The largest absolute Gasteiger partial charge is 0.399 e. The van der Waals surface area contributed by atoms with E-state index in [0.29, 0.717) is 13.2 Å². The molecular weight excluding hydrogens is 338 g/mol. The minimum Gasteiger partial charge on any atom is -0.399 e. The molecule has 1 unspecified atom stereocenters. The highest BCUT2D eigenvalue weighted by molar-refractivity contribution is 5.84. The van der Waals surface area contributed by atoms with Crippen molar-refractivity contribution in [2.45, 2.75) is 47.1 Å². The van der Waals surface area contributed by atoms with Crippen molar-refractivity contribution in [3.8, 4) is 0 Å². The number of carbonyl (C=O) groups excluding carboxylic acids is 1. The van der Waals surface area contributed by atoms with E-state index in [0.717, 1.165) is 37.4 Å². The van der Waals surface area contributed by atoms with Gasteiger partial charge in [-0.05, 0) is 36.6 Å². The molecule has 0 aromatic heterocycles. The Labute approximate surface area is 164 Å². The Balaban J connectivity index is 2.01. The predicted molar refractivity (Wildman–Crippen MR) is 111 cm³/mol. The van der Waals surface area contributed by atoms with Gasteiger partial charge in [-0.3, -0.25) is 9.69 Å². The smallest absolute Gasteiger partial charge is 0.244 e. The molecule has 2 rings (SSSR count). The normalized spacial score (nSPS) is 19.6. The van der Waals surface area contributed by atoms with Crippen LogP contribution in [0.5, 0.6) is 0 Å². The monoisotopic (exact) mass is 375 g/mol. The summed E-state index contributed by atoms with van der Waals surface area (Å²) in [6.45, 7) is 14.7. The third kappa shape index (κ3) is 5.94. The Hall–Kier alpha value is -1.59. The van der Waals surface area contributed by atoms with Crippen LogP contribution < -0.4 is 5.73 Å². The van der Waals surface area contributed by atoms with Crippen molar-refractivity contribution in [3.63, 3.8) is 0 Å². The first-order valence-corrected chi connectivity index (χ1v) is 9.97. The van der Waals surface area contributed by atoms with Gasteiger partial charge >= 0.3 is 0 Å². The number of amides is 1. The van der Waals surface area contributed by atoms with Crippen molar-refractivity contribution >= 4 is 11.6 Å². The van der Waals surface area contributed by atoms with Crippen LogP contribution >= 0.6 is 0 Å². The number of rotatable bonds is 8. The van der Waals surface area contributed by atoms with E-state index in [9.17, 15) is 4.79 Å². The third-order valence-electron chi connectivity index (χ3n) is 5.52. The summed E-state index contributed by atoms with van der Waals surface area (Å²) in [5.74, 6) is 0.162. The van der Waals surface area contributed by atoms with Gasteiger partial charge in [0.1, 0.15) is 6.04 Å². The maximum atomic E-state index is 13.2. The van der Waals surface area contributed by atoms with Crippen molar-refractivity contribution in [2.75, 3.05) is 45.6 Å². The van der Waals surface area contributed by atoms with Crippen LogP contribution in [-0.4, -0.2) is 55.6 Å². The second kappa shape index (κ2) is 8.61. The molecule has 1 saturated heterocycles. The highest BCUT2D eigenvalue weighted by Crippen LogP contribution is 2.29. The summed E-state index contributed by atoms with van der Waals surface area (Å²) in [7, 11) is 2.01. The minimum absolute atomic E-state index is 0.0823. The number of nitrogens with two attached hydrogens (primary N) is 1. The van der Waals surface area contributed by atoms with Crippen molar-refractivity contribution in [3.05, 3.63) is 29.8 Å². The molecule has 0 aliphatic carbocycles. The van der Waals surface area contributed by atoms with Gasteiger partial charge in [-0.25, -0.2) is 0 Å². The molecule has 1 aliphatic rings. The van der Waals surface area contributed by atoms with E-state index in [4.69, 9.17) is 10.5 Å². The maximum absolute atomic E-state index is 13.2. The predicted octanol–water partition coefficient (Wildman–Crippen LogP) is 3.56. The van der Waals surface area contributed by atoms with E-state index >= 15 is 0 Å². The van der Waals surface area contributed by atoms with E-state index < -0.39 is 0 Å². The first-order chi connectivity index (χ1) is 12.5. The molecule has 0 bridgehead atoms. The van der Waals surface area contributed by atoms with Crippen LogP contribution in [0, 0.1) is 10.8 Å². The zero-order chi connectivity index (χ0) is 20.2. The van der Waals surface area contributed by atoms with Crippen LogP contribution in [0.25, 0.3) is 0 Å². The third-order valence-corrected chi connectivity index (χ3v) is 5.52. The Morgan fingerprint density at radius 2 is 1.67 bits per heavy atom. The number of hydrogen-bond acceptors (Lipinski definition) is 4. The SMILES string of the molecule is CCC(C)(C)COCC(C)(C)CN1CCN(C)C(c2ccc(N)cc2)C1=O. The molecule has 0 radical (unpaired) electrons. The van der Waals surface area contributed by atoms with Crippen molar-refractivity contribution in [1.82, 2.24) is 9.80 Å². The van der Waals surface area contributed by atoms with E-state index in [1.54, 1.807) is 0 Å². The molecule has 1 fully saturated rings. The molecule has 5 heteroatoms. The Bertz CT molecular complexity index is 625. The van der Waals surface area contributed by atoms with Gasteiger partial charge < -0.3 is 15.4 Å². The molecular formula is C22H37N3O2. The molecule has 1 aromatic rings. The fourth-order valence-corrected chi connectivity index (χ4v) is 3.38. The van der Waals surface area contributed by atoms with Crippen LogP contribution in [0.4, 0.5) is 5.69 Å². The summed E-state index contributed by atoms with van der Waals surface area (Å²) < 4.78 is 6.01. The van der Waals surface area contributed by atoms with Gasteiger partial charge in [0.2, 0.25) is 5.91 Å². The molecule has 1 aliphatic heterocycles. The Kier molecular flexibility index (Phi) is 6.92. The van der Waals surface area contributed by atoms with E-state index in [1.807, 2.05) is 36.2 Å². The number of piperazine rings is 1. The van der Waals surface area contributed by atoms with Gasteiger partial charge in [0.25, 0.3) is 0 Å². The second-order valence-electron chi connectivity index (χ2n) is 9.48. The van der Waals surface area contributed by atoms with Crippen LogP contribution in [0.1, 0.15) is 52.6 Å². The molecule has 1 atom stereocenters. The molecule has 1 amide bonds. The zero-order valence-corrected chi connectivity index (χ0v) is 17.9. The highest BCUT2D eigenvalue weighted by Gasteiger charge is 2.36. The lowest BCUT2D eigenvalue weighted by Gasteiger charge is -2.42. The molecule has 152 valence electrons. The Morgan fingerprint density at radius 3 is 2.26 bits per heavy atom. The first kappa shape index (κ1) is 21.7. The standard InChI is InChI=1S/C22H37N3O2/c1-7-21(2,3)15-27-16-22(4,5)14-25-13-12-24(6)19(20(25)26)17-8-10-18(23)11-9-17/h8-11,19H,7,12-16,23H2,1-6H3. The number of benzene rings is 1. The van der Waals surface area contributed by atoms with Gasteiger partial charge in [-0.1, -0.05) is 46.8 Å². The number of likely N-dealkylation sites (N-methyl/N-ethyl adjacent to an activating group) is 1. The summed E-state index contributed by atoms with van der Waals surface area (Å²) in [4.78, 5) is 17.3. The molecule has 5 nitrogen and oxygen atoms in total. The summed E-state index contributed by atoms with van der Waals surface area (Å²) in [6, 6.07) is 7.40. The lowest BCUT2D eigenvalue weighted by Crippen LogP contribution is -2.53. The topological polar surface area (TPSA) is 58.8 Å². The quantitative estimate of drug-likeness (QED) is 0.706. The fraction of sp³-hybridized carbons (Fsp3) is 0.682. The fourth-order valence-electron chi connectivity index (χ4n) is 3.38. The number of anilines is 1. The van der Waals surface area contributed by atoms with Crippen molar-refractivity contribution in [2.24, 2.45) is 10.8 Å². The lowest BCUT2D eigenvalue weighted by molar-refractivity contribution is -0.143. The number of hydrogen-bond donors (Lipinski definition) is 1. The molecule has 1 aromatic carbocycles. The van der Waals surface area contributed by atoms with Crippen molar-refractivity contribution < 1.29 is 9.53 Å². The summed E-state index contributed by atoms with van der Waals surface area (Å²) in [5, 5.41) is 0. The number of nitrogen functional groups attached to an aromatic ring is 1. The number of ether oxygens (including phenoxy) is 1.